The summed E-state index contributed by atoms with van der Waals surface area (Å²) in [6.45, 7) is 1.08. The van der Waals surface area contributed by atoms with Gasteiger partial charge in [0.1, 0.15) is 12.1 Å². The van der Waals surface area contributed by atoms with Crippen LogP contribution in [0, 0.1) is 0 Å². The molecule has 0 saturated heterocycles. The molecule has 198 valence electrons. The van der Waals surface area contributed by atoms with Gasteiger partial charge in [-0.15, -0.1) is 0 Å². The molecule has 10 N–H and O–H groups in total. The van der Waals surface area contributed by atoms with E-state index in [0.29, 0.717) is 0 Å². The van der Waals surface area contributed by atoms with Gasteiger partial charge in [-0.25, -0.2) is 4.79 Å². The molecule has 0 spiro atoms. The highest BCUT2D eigenvalue weighted by atomic mass is 16.4. The predicted octanol–water partition coefficient (Wildman–Crippen LogP) is -3.17. The number of amides is 3. The van der Waals surface area contributed by atoms with Crippen molar-refractivity contribution in [3.05, 3.63) is 0 Å². The van der Waals surface area contributed by atoms with Crippen molar-refractivity contribution in [2.45, 2.75) is 75.7 Å². The number of hydrogen-bond donors (Lipinski definition) is 9. The van der Waals surface area contributed by atoms with Crippen LogP contribution < -0.4 is 21.7 Å². The average molecular weight is 506 g/mol. The van der Waals surface area contributed by atoms with Crippen LogP contribution in [0.4, 0.5) is 0 Å². The Bertz CT molecular complexity index is 816. The maximum absolute atomic E-state index is 12.7. The Hall–Kier alpha value is -3.79. The number of carboxylic acids is 4. The van der Waals surface area contributed by atoms with Gasteiger partial charge in [0.2, 0.25) is 17.7 Å². The maximum atomic E-state index is 12.7. The fourth-order valence-corrected chi connectivity index (χ4v) is 2.68. The molecule has 0 aliphatic heterocycles. The largest absolute Gasteiger partial charge is 0.481 e. The first-order valence-electron chi connectivity index (χ1n) is 10.4. The number of nitrogens with one attached hydrogen (secondary N) is 3. The quantitative estimate of drug-likeness (QED) is 0.0942. The molecule has 35 heavy (non-hydrogen) atoms. The summed E-state index contributed by atoms with van der Waals surface area (Å²) in [6.07, 6.45) is -4.47. The third-order valence-corrected chi connectivity index (χ3v) is 4.61. The van der Waals surface area contributed by atoms with Crippen molar-refractivity contribution in [3.63, 3.8) is 0 Å². The number of hydrogen-bond acceptors (Lipinski definition) is 9. The summed E-state index contributed by atoms with van der Waals surface area (Å²) < 4.78 is 0. The van der Waals surface area contributed by atoms with E-state index >= 15 is 0 Å². The van der Waals surface area contributed by atoms with Crippen molar-refractivity contribution in [2.24, 2.45) is 5.73 Å². The topological polar surface area (TPSA) is 283 Å². The molecule has 16 heteroatoms. The van der Waals surface area contributed by atoms with E-state index in [2.05, 4.69) is 10.6 Å². The number of aliphatic carboxylic acids is 4. The molecule has 5 unspecified atom stereocenters. The fraction of sp³-hybridized carbons (Fsp3) is 0.632. The first-order valence-corrected chi connectivity index (χ1v) is 10.4. The van der Waals surface area contributed by atoms with Crippen LogP contribution in [0.15, 0.2) is 0 Å². The third kappa shape index (κ3) is 12.9. The van der Waals surface area contributed by atoms with Crippen LogP contribution >= 0.6 is 0 Å². The fourth-order valence-electron chi connectivity index (χ4n) is 2.68. The summed E-state index contributed by atoms with van der Waals surface area (Å²) in [7, 11) is 0. The summed E-state index contributed by atoms with van der Waals surface area (Å²) in [5.41, 5.74) is 5.58. The standard InChI is InChI=1S/C19H30N4O12/c1-8(24)15(19(34)35)23-18(33)11(4-7-14(29)30)22-17(32)10(3-6-13(27)28)21-16(31)9(20)2-5-12(25)26/h8-11,15,24H,2-7,20H2,1H3,(H,21,31)(H,22,32)(H,23,33)(H,25,26)(H,27,28)(H,29,30)(H,34,35). The third-order valence-electron chi connectivity index (χ3n) is 4.61. The highest BCUT2D eigenvalue weighted by Gasteiger charge is 2.32. The molecule has 0 aromatic carbocycles. The number of carbonyl (C=O) groups excluding carboxylic acids is 3. The minimum absolute atomic E-state index is 0.284. The molecule has 0 heterocycles. The van der Waals surface area contributed by atoms with Gasteiger partial charge in [0.15, 0.2) is 6.04 Å². The average Bonchev–Trinajstić information content (AvgIpc) is 2.74. The molecular weight excluding hydrogens is 476 g/mol. The Morgan fingerprint density at radius 2 is 1.03 bits per heavy atom. The van der Waals surface area contributed by atoms with Crippen LogP contribution in [0.3, 0.4) is 0 Å². The smallest absolute Gasteiger partial charge is 0.328 e. The SMILES string of the molecule is CC(O)C(NC(=O)C(CCC(=O)O)NC(=O)C(CCC(=O)O)NC(=O)C(N)CCC(=O)O)C(=O)O. The Labute approximate surface area is 198 Å². The number of rotatable bonds is 17. The van der Waals surface area contributed by atoms with Crippen molar-refractivity contribution >= 4 is 41.6 Å². The molecule has 16 nitrogen and oxygen atoms in total. The Morgan fingerprint density at radius 1 is 0.657 bits per heavy atom. The molecule has 0 aromatic rings. The lowest BCUT2D eigenvalue weighted by molar-refractivity contribution is -0.145. The monoisotopic (exact) mass is 506 g/mol. The normalized spacial score (nSPS) is 14.9. The first-order chi connectivity index (χ1) is 16.1. The number of aliphatic hydroxyl groups excluding tert-OH is 1. The van der Waals surface area contributed by atoms with Gasteiger partial charge in [0.05, 0.1) is 12.1 Å². The molecule has 5 atom stereocenters. The van der Waals surface area contributed by atoms with Gasteiger partial charge in [-0.1, -0.05) is 0 Å². The van der Waals surface area contributed by atoms with Crippen molar-refractivity contribution in [3.8, 4) is 0 Å². The highest BCUT2D eigenvalue weighted by molar-refractivity contribution is 5.94. The lowest BCUT2D eigenvalue weighted by Crippen LogP contribution is -2.58. The van der Waals surface area contributed by atoms with E-state index in [1.165, 1.54) is 0 Å². The van der Waals surface area contributed by atoms with Crippen LogP contribution in [-0.4, -0.2) is 97.4 Å². The molecule has 3 amide bonds. The Morgan fingerprint density at radius 3 is 1.40 bits per heavy atom. The highest BCUT2D eigenvalue weighted by Crippen LogP contribution is 2.06. The molecule has 0 aliphatic carbocycles. The Balaban J connectivity index is 5.61. The van der Waals surface area contributed by atoms with Gasteiger partial charge < -0.3 is 47.2 Å². The van der Waals surface area contributed by atoms with Crippen LogP contribution in [0.25, 0.3) is 0 Å². The van der Waals surface area contributed by atoms with Crippen molar-refractivity contribution in [1.82, 2.24) is 16.0 Å². The minimum atomic E-state index is -1.78. The molecule has 0 fully saturated rings. The van der Waals surface area contributed by atoms with E-state index < -0.39 is 104 Å². The van der Waals surface area contributed by atoms with E-state index in [1.54, 1.807) is 0 Å². The van der Waals surface area contributed by atoms with E-state index in [1.807, 2.05) is 5.32 Å². The summed E-state index contributed by atoms with van der Waals surface area (Å²) in [6, 6.07) is -6.30. The summed E-state index contributed by atoms with van der Waals surface area (Å²) in [5, 5.41) is 51.4. The van der Waals surface area contributed by atoms with E-state index in [0.717, 1.165) is 6.92 Å². The molecule has 0 bridgehead atoms. The van der Waals surface area contributed by atoms with Crippen molar-refractivity contribution in [1.29, 1.82) is 0 Å². The lowest BCUT2D eigenvalue weighted by Gasteiger charge is -2.25. The van der Waals surface area contributed by atoms with Gasteiger partial charge in [-0.3, -0.25) is 28.8 Å². The van der Waals surface area contributed by atoms with Gasteiger partial charge in [-0.2, -0.15) is 0 Å². The van der Waals surface area contributed by atoms with Crippen molar-refractivity contribution < 1.29 is 59.1 Å². The van der Waals surface area contributed by atoms with Crippen LogP contribution in [0.1, 0.15) is 45.4 Å². The minimum Gasteiger partial charge on any atom is -0.481 e. The zero-order valence-electron chi connectivity index (χ0n) is 18.8. The van der Waals surface area contributed by atoms with Gasteiger partial charge >= 0.3 is 23.9 Å². The maximum Gasteiger partial charge on any atom is 0.328 e. The van der Waals surface area contributed by atoms with E-state index in [-0.39, 0.29) is 6.42 Å². The number of carbonyl (C=O) groups is 7. The van der Waals surface area contributed by atoms with Crippen molar-refractivity contribution in [2.75, 3.05) is 0 Å². The van der Waals surface area contributed by atoms with Gasteiger partial charge in [0.25, 0.3) is 0 Å². The summed E-state index contributed by atoms with van der Waals surface area (Å²) in [4.78, 5) is 81.2. The zero-order chi connectivity index (χ0) is 27.3. The molecule has 0 radical (unpaired) electrons. The second-order valence-electron chi connectivity index (χ2n) is 7.59. The molecule has 0 aromatic heterocycles. The van der Waals surface area contributed by atoms with E-state index in [4.69, 9.17) is 26.2 Å². The van der Waals surface area contributed by atoms with Gasteiger partial charge in [0, 0.05) is 19.3 Å². The molecule has 0 rings (SSSR count). The van der Waals surface area contributed by atoms with Crippen LogP contribution in [0.5, 0.6) is 0 Å². The zero-order valence-corrected chi connectivity index (χ0v) is 18.8. The first kappa shape index (κ1) is 31.2. The number of nitrogens with two attached hydrogens (primary N) is 1. The van der Waals surface area contributed by atoms with Crippen LogP contribution in [-0.2, 0) is 33.6 Å². The molecule has 0 saturated carbocycles. The predicted molar refractivity (Wildman–Crippen MR) is 114 cm³/mol. The Kier molecular flexibility index (Phi) is 13.5. The second-order valence-corrected chi connectivity index (χ2v) is 7.59. The molecule has 0 aliphatic rings. The van der Waals surface area contributed by atoms with Crippen LogP contribution in [0.2, 0.25) is 0 Å². The molecular formula is C19H30N4O12. The second kappa shape index (κ2) is 15.2. The number of aliphatic hydroxyl groups is 1. The van der Waals surface area contributed by atoms with E-state index in [9.17, 15) is 38.7 Å². The summed E-state index contributed by atoms with van der Waals surface area (Å²) in [5.74, 6) is -8.70. The van der Waals surface area contributed by atoms with Gasteiger partial charge in [-0.05, 0) is 26.2 Å². The lowest BCUT2D eigenvalue weighted by atomic mass is 10.1. The summed E-state index contributed by atoms with van der Waals surface area (Å²) >= 11 is 0. The number of carboxylic acid groups (broad SMARTS) is 4.